The van der Waals surface area contributed by atoms with Gasteiger partial charge in [0.2, 0.25) is 0 Å². The minimum Gasteiger partial charge on any atom is -0.321 e. The third-order valence-corrected chi connectivity index (χ3v) is 3.39. The number of amides is 1. The molecule has 0 spiro atoms. The smallest absolute Gasteiger partial charge is 0.270 e. The van der Waals surface area contributed by atoms with Crippen molar-refractivity contribution in [3.05, 3.63) is 74.3 Å². The molecule has 0 atom stereocenters. The topological polar surface area (TPSA) is 96.0 Å². The Bertz CT molecular complexity index is 823. The second kappa shape index (κ2) is 7.33. The largest absolute Gasteiger partial charge is 0.321 e. The van der Waals surface area contributed by atoms with Crippen LogP contribution in [0.2, 0.25) is 0 Å². The number of nitro groups is 1. The molecule has 2 rings (SSSR count). The van der Waals surface area contributed by atoms with Gasteiger partial charge in [-0.2, -0.15) is 5.26 Å². The van der Waals surface area contributed by atoms with Crippen LogP contribution in [0.15, 0.2) is 58.6 Å². The van der Waals surface area contributed by atoms with Crippen LogP contribution in [0.3, 0.4) is 0 Å². The quantitative estimate of drug-likeness (QED) is 0.381. The number of hydrogen-bond donors (Lipinski definition) is 1. The number of hydrogen-bond acceptors (Lipinski definition) is 4. The van der Waals surface area contributed by atoms with Crippen molar-refractivity contribution in [2.75, 3.05) is 5.32 Å². The Balaban J connectivity index is 2.23. The summed E-state index contributed by atoms with van der Waals surface area (Å²) in [6.07, 6.45) is 1.31. The minimum absolute atomic E-state index is 0.107. The SMILES string of the molecule is N#C/C(=C/c1cccc([N+](=O)[O-])c1)C(=O)Nc1ccc(Br)cc1. The van der Waals surface area contributed by atoms with Gasteiger partial charge in [-0.05, 0) is 35.9 Å². The van der Waals surface area contributed by atoms with Gasteiger partial charge in [0.15, 0.2) is 0 Å². The van der Waals surface area contributed by atoms with Gasteiger partial charge in [0.25, 0.3) is 11.6 Å². The fourth-order valence-corrected chi connectivity index (χ4v) is 2.04. The van der Waals surface area contributed by atoms with Gasteiger partial charge in [0.1, 0.15) is 11.6 Å². The second-order valence-corrected chi connectivity index (χ2v) is 5.40. The number of nitro benzene ring substituents is 1. The lowest BCUT2D eigenvalue weighted by Gasteiger charge is -2.04. The van der Waals surface area contributed by atoms with Crippen molar-refractivity contribution in [3.8, 4) is 6.07 Å². The Morgan fingerprint density at radius 3 is 2.57 bits per heavy atom. The molecule has 0 aliphatic carbocycles. The lowest BCUT2D eigenvalue weighted by molar-refractivity contribution is -0.384. The first-order valence-electron chi connectivity index (χ1n) is 6.43. The summed E-state index contributed by atoms with van der Waals surface area (Å²) in [5.74, 6) is -0.582. The van der Waals surface area contributed by atoms with Crippen LogP contribution < -0.4 is 5.32 Å². The fourth-order valence-electron chi connectivity index (χ4n) is 1.78. The molecule has 0 unspecified atom stereocenters. The molecular weight excluding hydrogens is 362 g/mol. The Labute approximate surface area is 140 Å². The summed E-state index contributed by atoms with van der Waals surface area (Å²) in [4.78, 5) is 22.3. The zero-order valence-corrected chi connectivity index (χ0v) is 13.3. The molecule has 7 heteroatoms. The third kappa shape index (κ3) is 4.49. The molecule has 0 aliphatic rings. The van der Waals surface area contributed by atoms with E-state index in [4.69, 9.17) is 5.26 Å². The number of carbonyl (C=O) groups excluding carboxylic acids is 1. The van der Waals surface area contributed by atoms with E-state index in [9.17, 15) is 14.9 Å². The van der Waals surface area contributed by atoms with Crippen molar-refractivity contribution >= 4 is 39.3 Å². The van der Waals surface area contributed by atoms with E-state index in [1.807, 2.05) is 0 Å². The van der Waals surface area contributed by atoms with Gasteiger partial charge in [-0.25, -0.2) is 0 Å². The highest BCUT2D eigenvalue weighted by molar-refractivity contribution is 9.10. The number of benzene rings is 2. The number of carbonyl (C=O) groups is 1. The molecule has 0 heterocycles. The van der Waals surface area contributed by atoms with Crippen molar-refractivity contribution < 1.29 is 9.72 Å². The molecule has 0 fully saturated rings. The van der Waals surface area contributed by atoms with Crippen molar-refractivity contribution in [1.82, 2.24) is 0 Å². The lowest BCUT2D eigenvalue weighted by Crippen LogP contribution is -2.13. The molecule has 0 bridgehead atoms. The summed E-state index contributed by atoms with van der Waals surface area (Å²) < 4.78 is 0.864. The van der Waals surface area contributed by atoms with E-state index in [2.05, 4.69) is 21.2 Å². The maximum Gasteiger partial charge on any atom is 0.270 e. The van der Waals surface area contributed by atoms with E-state index in [0.29, 0.717) is 11.3 Å². The predicted octanol–water partition coefficient (Wildman–Crippen LogP) is 3.90. The summed E-state index contributed by atoms with van der Waals surface area (Å²) in [5.41, 5.74) is 0.692. The molecule has 0 saturated heterocycles. The molecule has 0 aromatic heterocycles. The van der Waals surface area contributed by atoms with Gasteiger partial charge in [-0.3, -0.25) is 14.9 Å². The summed E-state index contributed by atoms with van der Waals surface area (Å²) in [6, 6.07) is 14.4. The normalized spacial score (nSPS) is 10.7. The Hall–Kier alpha value is -2.98. The van der Waals surface area contributed by atoms with Crippen LogP contribution in [0.4, 0.5) is 11.4 Å². The van der Waals surface area contributed by atoms with Crippen LogP contribution >= 0.6 is 15.9 Å². The molecule has 0 aliphatic heterocycles. The van der Waals surface area contributed by atoms with E-state index >= 15 is 0 Å². The lowest BCUT2D eigenvalue weighted by atomic mass is 10.1. The number of anilines is 1. The summed E-state index contributed by atoms with van der Waals surface area (Å²) in [6.45, 7) is 0. The van der Waals surface area contributed by atoms with E-state index in [0.717, 1.165) is 4.47 Å². The predicted molar refractivity (Wildman–Crippen MR) is 89.5 cm³/mol. The average molecular weight is 372 g/mol. The minimum atomic E-state index is -0.582. The molecule has 0 radical (unpaired) electrons. The van der Waals surface area contributed by atoms with Crippen LogP contribution in [0.25, 0.3) is 6.08 Å². The number of halogens is 1. The van der Waals surface area contributed by atoms with Crippen molar-refractivity contribution in [2.24, 2.45) is 0 Å². The Kier molecular flexibility index (Phi) is 5.23. The van der Waals surface area contributed by atoms with E-state index < -0.39 is 10.8 Å². The van der Waals surface area contributed by atoms with Crippen molar-refractivity contribution in [1.29, 1.82) is 5.26 Å². The first-order chi connectivity index (χ1) is 11.0. The van der Waals surface area contributed by atoms with Crippen LogP contribution in [-0.2, 0) is 4.79 Å². The summed E-state index contributed by atoms with van der Waals surface area (Å²) in [5, 5.41) is 22.5. The van der Waals surface area contributed by atoms with Gasteiger partial charge in [0, 0.05) is 22.3 Å². The van der Waals surface area contributed by atoms with E-state index in [1.54, 1.807) is 36.4 Å². The fraction of sp³-hybridized carbons (Fsp3) is 0. The zero-order chi connectivity index (χ0) is 16.8. The van der Waals surface area contributed by atoms with Crippen molar-refractivity contribution in [2.45, 2.75) is 0 Å². The molecule has 114 valence electrons. The maximum absolute atomic E-state index is 12.1. The number of nitrogens with zero attached hydrogens (tertiary/aromatic N) is 2. The van der Waals surface area contributed by atoms with Crippen LogP contribution in [0, 0.1) is 21.4 Å². The van der Waals surface area contributed by atoms with E-state index in [1.165, 1.54) is 24.3 Å². The van der Waals surface area contributed by atoms with Crippen molar-refractivity contribution in [3.63, 3.8) is 0 Å². The summed E-state index contributed by atoms with van der Waals surface area (Å²) in [7, 11) is 0. The zero-order valence-electron chi connectivity index (χ0n) is 11.7. The monoisotopic (exact) mass is 371 g/mol. The standard InChI is InChI=1S/C16H10BrN3O3/c17-13-4-6-14(7-5-13)19-16(21)12(10-18)8-11-2-1-3-15(9-11)20(22)23/h1-9H,(H,19,21)/b12-8-. The molecule has 23 heavy (non-hydrogen) atoms. The van der Waals surface area contributed by atoms with Crippen LogP contribution in [0.5, 0.6) is 0 Å². The molecular formula is C16H10BrN3O3. The molecule has 0 saturated carbocycles. The second-order valence-electron chi connectivity index (χ2n) is 4.48. The average Bonchev–Trinajstić information content (AvgIpc) is 2.55. The molecule has 2 aromatic rings. The van der Waals surface area contributed by atoms with Crippen LogP contribution in [-0.4, -0.2) is 10.8 Å². The van der Waals surface area contributed by atoms with Gasteiger partial charge in [0.05, 0.1) is 4.92 Å². The highest BCUT2D eigenvalue weighted by Crippen LogP contribution is 2.17. The number of non-ortho nitro benzene ring substituents is 1. The number of rotatable bonds is 4. The Morgan fingerprint density at radius 1 is 1.26 bits per heavy atom. The Morgan fingerprint density at radius 2 is 1.96 bits per heavy atom. The summed E-state index contributed by atoms with van der Waals surface area (Å²) >= 11 is 3.29. The molecule has 6 nitrogen and oxygen atoms in total. The highest BCUT2D eigenvalue weighted by atomic mass is 79.9. The number of nitriles is 1. The maximum atomic E-state index is 12.1. The third-order valence-electron chi connectivity index (χ3n) is 2.86. The van der Waals surface area contributed by atoms with Gasteiger partial charge < -0.3 is 5.32 Å². The molecule has 1 N–H and O–H groups in total. The number of nitrogens with one attached hydrogen (secondary N) is 1. The highest BCUT2D eigenvalue weighted by Gasteiger charge is 2.11. The van der Waals surface area contributed by atoms with Gasteiger partial charge in [-0.15, -0.1) is 0 Å². The first-order valence-corrected chi connectivity index (χ1v) is 7.22. The van der Waals surface area contributed by atoms with Gasteiger partial charge in [-0.1, -0.05) is 28.1 Å². The molecule has 2 aromatic carbocycles. The molecule has 1 amide bonds. The van der Waals surface area contributed by atoms with Gasteiger partial charge >= 0.3 is 0 Å². The van der Waals surface area contributed by atoms with Crippen LogP contribution in [0.1, 0.15) is 5.56 Å². The van der Waals surface area contributed by atoms with E-state index in [-0.39, 0.29) is 11.3 Å². The first kappa shape index (κ1) is 16.4.